The first-order valence-corrected chi connectivity index (χ1v) is 7.30. The van der Waals surface area contributed by atoms with Crippen LogP contribution in [0.25, 0.3) is 0 Å². The molecule has 0 aliphatic heterocycles. The van der Waals surface area contributed by atoms with Crippen LogP contribution in [0.5, 0.6) is 5.75 Å². The fourth-order valence-corrected chi connectivity index (χ4v) is 2.06. The number of nitrogens with one attached hydrogen (secondary N) is 1. The Morgan fingerprint density at radius 2 is 1.77 bits per heavy atom. The van der Waals surface area contributed by atoms with Crippen molar-refractivity contribution in [2.75, 3.05) is 19.0 Å². The van der Waals surface area contributed by atoms with Gasteiger partial charge < -0.3 is 14.8 Å². The van der Waals surface area contributed by atoms with E-state index in [0.717, 1.165) is 5.56 Å². The number of carbonyl (C=O) groups excluding carboxylic acids is 1. The minimum atomic E-state index is -0.0989. The van der Waals surface area contributed by atoms with E-state index in [0.29, 0.717) is 24.5 Å². The lowest BCUT2D eigenvalue weighted by molar-refractivity contribution is -0.117. The van der Waals surface area contributed by atoms with Crippen LogP contribution < -0.4 is 10.1 Å². The van der Waals surface area contributed by atoms with Gasteiger partial charge in [0.15, 0.2) is 0 Å². The molecule has 4 heteroatoms. The average Bonchev–Trinajstić information content (AvgIpc) is 2.55. The molecule has 0 bridgehead atoms. The molecule has 0 fully saturated rings. The summed E-state index contributed by atoms with van der Waals surface area (Å²) in [4.78, 5) is 11.8. The largest absolute Gasteiger partial charge is 0.484 e. The van der Waals surface area contributed by atoms with E-state index < -0.39 is 0 Å². The first-order chi connectivity index (χ1) is 10.7. The minimum Gasteiger partial charge on any atom is -0.484 e. The minimum absolute atomic E-state index is 0.0923. The second-order valence-electron chi connectivity index (χ2n) is 4.96. The summed E-state index contributed by atoms with van der Waals surface area (Å²) in [7, 11) is 1.58. The molecule has 0 radical (unpaired) electrons. The lowest BCUT2D eigenvalue weighted by Crippen LogP contribution is -2.15. The van der Waals surface area contributed by atoms with E-state index in [9.17, 15) is 4.79 Å². The second-order valence-corrected chi connectivity index (χ2v) is 4.96. The number of hydrogen-bond donors (Lipinski definition) is 1. The molecule has 0 saturated carbocycles. The molecule has 1 N–H and O–H groups in total. The molecule has 0 spiro atoms. The normalized spacial score (nSPS) is 11.7. The number of carbonyl (C=O) groups is 1. The van der Waals surface area contributed by atoms with Crippen LogP contribution in [0.1, 0.15) is 25.0 Å². The van der Waals surface area contributed by atoms with Crippen LogP contribution in [0.2, 0.25) is 0 Å². The molecule has 0 aromatic heterocycles. The molecule has 1 amide bonds. The standard InChI is InChI=1S/C18H21NO3/c1-14(15-8-4-3-5-9-15)22-17-11-7-6-10-16(17)19-18(20)12-13-21-2/h3-11,14H,12-13H2,1-2H3,(H,19,20). The Bertz CT molecular complexity index is 598. The fraction of sp³-hybridized carbons (Fsp3) is 0.278. The number of rotatable bonds is 7. The molecular weight excluding hydrogens is 278 g/mol. The smallest absolute Gasteiger partial charge is 0.226 e. The molecule has 2 rings (SSSR count). The summed E-state index contributed by atoms with van der Waals surface area (Å²) >= 11 is 0. The molecule has 4 nitrogen and oxygen atoms in total. The zero-order valence-electron chi connectivity index (χ0n) is 12.9. The molecule has 0 aliphatic rings. The first-order valence-electron chi connectivity index (χ1n) is 7.30. The molecule has 0 saturated heterocycles. The van der Waals surface area contributed by atoms with Gasteiger partial charge in [0.2, 0.25) is 5.91 Å². The quantitative estimate of drug-likeness (QED) is 0.846. The van der Waals surface area contributed by atoms with Crippen LogP contribution >= 0.6 is 0 Å². The summed E-state index contributed by atoms with van der Waals surface area (Å²) in [6.45, 7) is 2.38. The van der Waals surface area contributed by atoms with Crippen molar-refractivity contribution >= 4 is 11.6 Å². The molecule has 2 aromatic rings. The first kappa shape index (κ1) is 16.0. The summed E-state index contributed by atoms with van der Waals surface area (Å²) in [5, 5.41) is 2.86. The molecule has 1 unspecified atom stereocenters. The van der Waals surface area contributed by atoms with Crippen molar-refractivity contribution in [2.24, 2.45) is 0 Å². The van der Waals surface area contributed by atoms with E-state index >= 15 is 0 Å². The highest BCUT2D eigenvalue weighted by atomic mass is 16.5. The topological polar surface area (TPSA) is 47.6 Å². The van der Waals surface area contributed by atoms with E-state index in [4.69, 9.17) is 9.47 Å². The predicted octanol–water partition coefficient (Wildman–Crippen LogP) is 3.80. The van der Waals surface area contributed by atoms with Crippen LogP contribution in [0.3, 0.4) is 0 Å². The van der Waals surface area contributed by atoms with Crippen molar-refractivity contribution in [3.05, 3.63) is 60.2 Å². The highest BCUT2D eigenvalue weighted by molar-refractivity contribution is 5.92. The third-order valence-electron chi connectivity index (χ3n) is 3.27. The number of amides is 1. The van der Waals surface area contributed by atoms with Gasteiger partial charge >= 0.3 is 0 Å². The van der Waals surface area contributed by atoms with Gasteiger partial charge in [-0.15, -0.1) is 0 Å². The molecule has 1 atom stereocenters. The molecule has 2 aromatic carbocycles. The van der Waals surface area contributed by atoms with Crippen molar-refractivity contribution in [1.29, 1.82) is 0 Å². The molecule has 22 heavy (non-hydrogen) atoms. The average molecular weight is 299 g/mol. The van der Waals surface area contributed by atoms with Gasteiger partial charge in [0.1, 0.15) is 11.9 Å². The Morgan fingerprint density at radius 1 is 1.09 bits per heavy atom. The molecule has 0 aliphatic carbocycles. The van der Waals surface area contributed by atoms with E-state index in [1.165, 1.54) is 0 Å². The summed E-state index contributed by atoms with van der Waals surface area (Å²) < 4.78 is 10.9. The Kier molecular flexibility index (Phi) is 5.98. The Hall–Kier alpha value is -2.33. The van der Waals surface area contributed by atoms with Crippen LogP contribution in [0.4, 0.5) is 5.69 Å². The van der Waals surface area contributed by atoms with Gasteiger partial charge in [0.25, 0.3) is 0 Å². The number of para-hydroxylation sites is 2. The number of anilines is 1. The SMILES string of the molecule is COCCC(=O)Nc1ccccc1OC(C)c1ccccc1. The summed E-state index contributed by atoms with van der Waals surface area (Å²) in [5.74, 6) is 0.565. The second kappa shape index (κ2) is 8.20. The van der Waals surface area contributed by atoms with Crippen LogP contribution in [-0.4, -0.2) is 19.6 Å². The van der Waals surface area contributed by atoms with E-state index in [1.807, 2.05) is 61.5 Å². The lowest BCUT2D eigenvalue weighted by Gasteiger charge is -2.18. The van der Waals surface area contributed by atoms with Crippen molar-refractivity contribution in [3.8, 4) is 5.75 Å². The highest BCUT2D eigenvalue weighted by Gasteiger charge is 2.11. The Morgan fingerprint density at radius 3 is 2.50 bits per heavy atom. The van der Waals surface area contributed by atoms with Gasteiger partial charge in [-0.2, -0.15) is 0 Å². The van der Waals surface area contributed by atoms with Gasteiger partial charge in [-0.3, -0.25) is 4.79 Å². The van der Waals surface area contributed by atoms with Crippen LogP contribution in [-0.2, 0) is 9.53 Å². The Balaban J connectivity index is 2.06. The summed E-state index contributed by atoms with van der Waals surface area (Å²) in [5.41, 5.74) is 1.76. The molecule has 0 heterocycles. The van der Waals surface area contributed by atoms with Gasteiger partial charge in [0.05, 0.1) is 18.7 Å². The number of benzene rings is 2. The zero-order chi connectivity index (χ0) is 15.8. The third kappa shape index (κ3) is 4.60. The van der Waals surface area contributed by atoms with Crippen LogP contribution in [0, 0.1) is 0 Å². The molecule has 116 valence electrons. The number of ether oxygens (including phenoxy) is 2. The summed E-state index contributed by atoms with van der Waals surface area (Å²) in [6, 6.07) is 17.4. The van der Waals surface area contributed by atoms with Gasteiger partial charge in [-0.25, -0.2) is 0 Å². The fourth-order valence-electron chi connectivity index (χ4n) is 2.06. The third-order valence-corrected chi connectivity index (χ3v) is 3.27. The summed E-state index contributed by atoms with van der Waals surface area (Å²) in [6.07, 6.45) is 0.220. The van der Waals surface area contributed by atoms with E-state index in [1.54, 1.807) is 7.11 Å². The van der Waals surface area contributed by atoms with Crippen molar-refractivity contribution < 1.29 is 14.3 Å². The van der Waals surface area contributed by atoms with Crippen molar-refractivity contribution in [3.63, 3.8) is 0 Å². The maximum Gasteiger partial charge on any atom is 0.226 e. The van der Waals surface area contributed by atoms with Gasteiger partial charge in [-0.1, -0.05) is 42.5 Å². The van der Waals surface area contributed by atoms with Crippen molar-refractivity contribution in [1.82, 2.24) is 0 Å². The number of hydrogen-bond acceptors (Lipinski definition) is 3. The maximum absolute atomic E-state index is 11.8. The van der Waals surface area contributed by atoms with Gasteiger partial charge in [0, 0.05) is 7.11 Å². The predicted molar refractivity (Wildman–Crippen MR) is 87.0 cm³/mol. The van der Waals surface area contributed by atoms with E-state index in [-0.39, 0.29) is 12.0 Å². The monoisotopic (exact) mass is 299 g/mol. The van der Waals surface area contributed by atoms with Crippen molar-refractivity contribution in [2.45, 2.75) is 19.4 Å². The Labute approximate surface area is 131 Å². The van der Waals surface area contributed by atoms with E-state index in [2.05, 4.69) is 5.32 Å². The molecular formula is C18H21NO3. The zero-order valence-corrected chi connectivity index (χ0v) is 12.9. The maximum atomic E-state index is 11.8. The van der Waals surface area contributed by atoms with Gasteiger partial charge in [-0.05, 0) is 24.6 Å². The number of methoxy groups -OCH3 is 1. The van der Waals surface area contributed by atoms with Crippen LogP contribution in [0.15, 0.2) is 54.6 Å². The lowest BCUT2D eigenvalue weighted by atomic mass is 10.1. The highest BCUT2D eigenvalue weighted by Crippen LogP contribution is 2.29.